The summed E-state index contributed by atoms with van der Waals surface area (Å²) in [6, 6.07) is 6.52. The third-order valence-electron chi connectivity index (χ3n) is 2.95. The van der Waals surface area contributed by atoms with Crippen molar-refractivity contribution >= 4 is 17.3 Å². The highest BCUT2D eigenvalue weighted by Gasteiger charge is 2.11. The van der Waals surface area contributed by atoms with Gasteiger partial charge in [-0.1, -0.05) is 11.6 Å². The SMILES string of the molecule is COc1cc(Cl)c(NCc2cc(F)ccc2F)cc1OC. The zero-order valence-corrected chi connectivity index (χ0v) is 12.3. The smallest absolute Gasteiger partial charge is 0.162 e. The fraction of sp³-hybridized carbons (Fsp3) is 0.200. The van der Waals surface area contributed by atoms with E-state index in [2.05, 4.69) is 5.32 Å². The van der Waals surface area contributed by atoms with E-state index in [9.17, 15) is 8.78 Å². The number of hydrogen-bond acceptors (Lipinski definition) is 3. The van der Waals surface area contributed by atoms with E-state index in [-0.39, 0.29) is 12.1 Å². The Morgan fingerprint density at radius 2 is 1.71 bits per heavy atom. The number of methoxy groups -OCH3 is 2. The van der Waals surface area contributed by atoms with E-state index in [0.717, 1.165) is 18.2 Å². The quantitative estimate of drug-likeness (QED) is 0.895. The van der Waals surface area contributed by atoms with Crippen LogP contribution in [0.1, 0.15) is 5.56 Å². The second kappa shape index (κ2) is 6.63. The molecule has 2 aromatic carbocycles. The monoisotopic (exact) mass is 313 g/mol. The fourth-order valence-corrected chi connectivity index (χ4v) is 2.08. The summed E-state index contributed by atoms with van der Waals surface area (Å²) in [6.07, 6.45) is 0. The predicted octanol–water partition coefficient (Wildman–Crippen LogP) is 4.25. The Bertz CT molecular complexity index is 650. The van der Waals surface area contributed by atoms with Crippen LogP contribution < -0.4 is 14.8 Å². The van der Waals surface area contributed by atoms with E-state index >= 15 is 0 Å². The van der Waals surface area contributed by atoms with Crippen LogP contribution in [0.2, 0.25) is 5.02 Å². The molecule has 0 amide bonds. The van der Waals surface area contributed by atoms with Gasteiger partial charge in [0.25, 0.3) is 0 Å². The average Bonchev–Trinajstić information content (AvgIpc) is 2.48. The fourth-order valence-electron chi connectivity index (χ4n) is 1.86. The molecule has 0 spiro atoms. The van der Waals surface area contributed by atoms with Crippen LogP contribution in [-0.4, -0.2) is 14.2 Å². The lowest BCUT2D eigenvalue weighted by Gasteiger charge is -2.13. The summed E-state index contributed by atoms with van der Waals surface area (Å²) in [5, 5.41) is 3.34. The molecule has 1 N–H and O–H groups in total. The molecule has 0 aliphatic carbocycles. The molecule has 0 aromatic heterocycles. The molecule has 2 aromatic rings. The van der Waals surface area contributed by atoms with Gasteiger partial charge in [0, 0.05) is 24.2 Å². The van der Waals surface area contributed by atoms with Gasteiger partial charge in [-0.25, -0.2) is 8.78 Å². The van der Waals surface area contributed by atoms with Crippen LogP contribution in [0.25, 0.3) is 0 Å². The summed E-state index contributed by atoms with van der Waals surface area (Å²) in [5.74, 6) is 0.00112. The largest absolute Gasteiger partial charge is 0.493 e. The molecule has 0 fully saturated rings. The molecule has 0 aliphatic rings. The molecule has 112 valence electrons. The van der Waals surface area contributed by atoms with Crippen LogP contribution in [0.3, 0.4) is 0 Å². The van der Waals surface area contributed by atoms with E-state index in [1.807, 2.05) is 0 Å². The average molecular weight is 314 g/mol. The van der Waals surface area contributed by atoms with Crippen molar-refractivity contribution in [3.8, 4) is 11.5 Å². The zero-order chi connectivity index (χ0) is 15.4. The van der Waals surface area contributed by atoms with Crippen LogP contribution in [0.15, 0.2) is 30.3 Å². The Morgan fingerprint density at radius 3 is 2.38 bits per heavy atom. The molecule has 0 heterocycles. The topological polar surface area (TPSA) is 30.5 Å². The van der Waals surface area contributed by atoms with Gasteiger partial charge in [0.1, 0.15) is 11.6 Å². The van der Waals surface area contributed by atoms with Crippen LogP contribution >= 0.6 is 11.6 Å². The van der Waals surface area contributed by atoms with E-state index in [0.29, 0.717) is 22.2 Å². The van der Waals surface area contributed by atoms with Crippen LogP contribution in [0.4, 0.5) is 14.5 Å². The molecule has 0 saturated carbocycles. The number of nitrogens with one attached hydrogen (secondary N) is 1. The van der Waals surface area contributed by atoms with Crippen molar-refractivity contribution in [2.75, 3.05) is 19.5 Å². The minimum Gasteiger partial charge on any atom is -0.493 e. The van der Waals surface area contributed by atoms with Gasteiger partial charge < -0.3 is 14.8 Å². The predicted molar refractivity (Wildman–Crippen MR) is 78.2 cm³/mol. The Balaban J connectivity index is 2.21. The molecule has 6 heteroatoms. The first-order valence-corrected chi connectivity index (χ1v) is 6.52. The Morgan fingerprint density at radius 1 is 1.05 bits per heavy atom. The molecular weight excluding hydrogens is 300 g/mol. The van der Waals surface area contributed by atoms with Gasteiger partial charge in [-0.05, 0) is 18.2 Å². The highest BCUT2D eigenvalue weighted by molar-refractivity contribution is 6.33. The third-order valence-corrected chi connectivity index (χ3v) is 3.26. The van der Waals surface area contributed by atoms with Gasteiger partial charge in [-0.2, -0.15) is 0 Å². The number of anilines is 1. The second-order valence-electron chi connectivity index (χ2n) is 4.28. The minimum absolute atomic E-state index is 0.0960. The van der Waals surface area contributed by atoms with Crippen molar-refractivity contribution in [1.82, 2.24) is 0 Å². The summed E-state index contributed by atoms with van der Waals surface area (Å²) >= 11 is 6.11. The van der Waals surface area contributed by atoms with Crippen LogP contribution in [-0.2, 0) is 6.54 Å². The molecule has 3 nitrogen and oxygen atoms in total. The lowest BCUT2D eigenvalue weighted by atomic mass is 10.2. The normalized spacial score (nSPS) is 10.3. The van der Waals surface area contributed by atoms with E-state index in [1.165, 1.54) is 14.2 Å². The molecule has 2 rings (SSSR count). The molecule has 21 heavy (non-hydrogen) atoms. The summed E-state index contributed by atoms with van der Waals surface area (Å²) < 4.78 is 37.0. The molecule has 0 unspecified atom stereocenters. The van der Waals surface area contributed by atoms with Gasteiger partial charge in [0.15, 0.2) is 11.5 Å². The number of hydrogen-bond donors (Lipinski definition) is 1. The summed E-state index contributed by atoms with van der Waals surface area (Å²) in [6.45, 7) is 0.0960. The Kier molecular flexibility index (Phi) is 4.85. The van der Waals surface area contributed by atoms with Crippen molar-refractivity contribution in [3.05, 3.63) is 52.6 Å². The Labute approximate surface area is 126 Å². The van der Waals surface area contributed by atoms with Crippen molar-refractivity contribution in [3.63, 3.8) is 0 Å². The van der Waals surface area contributed by atoms with Gasteiger partial charge >= 0.3 is 0 Å². The number of halogens is 3. The molecule has 0 atom stereocenters. The van der Waals surface area contributed by atoms with Gasteiger partial charge in [0.05, 0.1) is 24.9 Å². The maximum absolute atomic E-state index is 13.6. The summed E-state index contributed by atoms with van der Waals surface area (Å²) in [4.78, 5) is 0. The first-order valence-electron chi connectivity index (χ1n) is 6.14. The standard InChI is InChI=1S/C15H14ClF2NO2/c1-20-14-6-11(16)13(7-15(14)21-2)19-8-9-5-10(17)3-4-12(9)18/h3-7,19H,8H2,1-2H3. The number of rotatable bonds is 5. The highest BCUT2D eigenvalue weighted by Crippen LogP contribution is 2.36. The molecule has 0 aliphatic heterocycles. The number of ether oxygens (including phenoxy) is 2. The summed E-state index contributed by atoms with van der Waals surface area (Å²) in [7, 11) is 3.01. The van der Waals surface area contributed by atoms with Gasteiger partial charge in [0.2, 0.25) is 0 Å². The van der Waals surface area contributed by atoms with Crippen molar-refractivity contribution in [2.45, 2.75) is 6.54 Å². The molecule has 0 saturated heterocycles. The zero-order valence-electron chi connectivity index (χ0n) is 11.5. The van der Waals surface area contributed by atoms with Crippen LogP contribution in [0, 0.1) is 11.6 Å². The van der Waals surface area contributed by atoms with Crippen molar-refractivity contribution < 1.29 is 18.3 Å². The number of benzene rings is 2. The molecule has 0 bridgehead atoms. The van der Waals surface area contributed by atoms with Gasteiger partial charge in [-0.3, -0.25) is 0 Å². The molecule has 0 radical (unpaired) electrons. The third kappa shape index (κ3) is 3.55. The highest BCUT2D eigenvalue weighted by atomic mass is 35.5. The van der Waals surface area contributed by atoms with E-state index in [4.69, 9.17) is 21.1 Å². The Hall–Kier alpha value is -2.01. The van der Waals surface area contributed by atoms with Crippen LogP contribution in [0.5, 0.6) is 11.5 Å². The van der Waals surface area contributed by atoms with E-state index < -0.39 is 11.6 Å². The lowest BCUT2D eigenvalue weighted by Crippen LogP contribution is -2.03. The van der Waals surface area contributed by atoms with Crippen molar-refractivity contribution in [1.29, 1.82) is 0 Å². The minimum atomic E-state index is -0.494. The van der Waals surface area contributed by atoms with Crippen molar-refractivity contribution in [2.24, 2.45) is 0 Å². The second-order valence-corrected chi connectivity index (χ2v) is 4.68. The lowest BCUT2D eigenvalue weighted by molar-refractivity contribution is 0.355. The van der Waals surface area contributed by atoms with Gasteiger partial charge in [-0.15, -0.1) is 0 Å². The maximum Gasteiger partial charge on any atom is 0.162 e. The summed E-state index contributed by atoms with van der Waals surface area (Å²) in [5.41, 5.74) is 0.749. The van der Waals surface area contributed by atoms with E-state index in [1.54, 1.807) is 12.1 Å². The first kappa shape index (κ1) is 15.4. The molecular formula is C15H14ClF2NO2. The maximum atomic E-state index is 13.6. The first-order chi connectivity index (χ1) is 10.0.